The molecule has 1 unspecified atom stereocenters. The Balaban J connectivity index is 2.64. The van der Waals surface area contributed by atoms with E-state index in [1.165, 1.54) is 0 Å². The molecule has 0 bridgehead atoms. The number of nitrogen functional groups attached to an aromatic ring is 1. The second kappa shape index (κ2) is 8.90. The summed E-state index contributed by atoms with van der Waals surface area (Å²) in [6.45, 7) is 7.77. The van der Waals surface area contributed by atoms with Crippen LogP contribution in [0.4, 0.5) is 11.4 Å². The predicted octanol–water partition coefficient (Wildman–Crippen LogP) is 3.76. The van der Waals surface area contributed by atoms with Crippen LogP contribution in [0.15, 0.2) is 18.2 Å². The Bertz CT molecular complexity index is 465. The van der Waals surface area contributed by atoms with Gasteiger partial charge in [0.2, 0.25) is 5.91 Å². The molecular formula is C16H26ClN3O. The van der Waals surface area contributed by atoms with Crippen LogP contribution in [0.5, 0.6) is 0 Å². The molecule has 1 aromatic carbocycles. The summed E-state index contributed by atoms with van der Waals surface area (Å²) in [5.74, 6) is -0.0434. The highest BCUT2D eigenvalue weighted by molar-refractivity contribution is 6.34. The van der Waals surface area contributed by atoms with Crippen LogP contribution in [0.1, 0.15) is 40.0 Å². The fourth-order valence-corrected chi connectivity index (χ4v) is 2.32. The Labute approximate surface area is 132 Å². The third-order valence-corrected chi connectivity index (χ3v) is 3.94. The lowest BCUT2D eigenvalue weighted by Gasteiger charge is -2.27. The molecule has 4 nitrogen and oxygen atoms in total. The molecule has 0 spiro atoms. The van der Waals surface area contributed by atoms with E-state index >= 15 is 0 Å². The Morgan fingerprint density at radius 3 is 2.71 bits per heavy atom. The number of benzene rings is 1. The largest absolute Gasteiger partial charge is 0.399 e. The second-order valence-electron chi connectivity index (χ2n) is 5.37. The molecule has 1 rings (SSSR count). The number of hydrogen-bond donors (Lipinski definition) is 2. The molecule has 0 heterocycles. The van der Waals surface area contributed by atoms with Crippen LogP contribution in [0, 0.1) is 0 Å². The number of amides is 1. The molecule has 21 heavy (non-hydrogen) atoms. The van der Waals surface area contributed by atoms with Crippen molar-refractivity contribution in [2.24, 2.45) is 0 Å². The summed E-state index contributed by atoms with van der Waals surface area (Å²) in [6, 6.07) is 5.49. The Morgan fingerprint density at radius 2 is 2.14 bits per heavy atom. The maximum atomic E-state index is 12.2. The lowest BCUT2D eigenvalue weighted by molar-refractivity contribution is -0.117. The highest BCUT2D eigenvalue weighted by Crippen LogP contribution is 2.24. The molecule has 118 valence electrons. The van der Waals surface area contributed by atoms with Gasteiger partial charge in [0.25, 0.3) is 0 Å². The zero-order chi connectivity index (χ0) is 15.8. The van der Waals surface area contributed by atoms with Gasteiger partial charge in [-0.15, -0.1) is 0 Å². The summed E-state index contributed by atoms with van der Waals surface area (Å²) < 4.78 is 0. The Morgan fingerprint density at radius 1 is 1.43 bits per heavy atom. The molecule has 0 aliphatic carbocycles. The molecule has 1 aromatic rings. The van der Waals surface area contributed by atoms with Crippen molar-refractivity contribution in [3.05, 3.63) is 23.2 Å². The normalized spacial score (nSPS) is 12.4. The van der Waals surface area contributed by atoms with Crippen LogP contribution in [0.3, 0.4) is 0 Å². The Hall–Kier alpha value is -1.26. The van der Waals surface area contributed by atoms with E-state index in [0.29, 0.717) is 29.0 Å². The van der Waals surface area contributed by atoms with E-state index < -0.39 is 0 Å². The average Bonchev–Trinajstić information content (AvgIpc) is 2.45. The van der Waals surface area contributed by atoms with Crippen molar-refractivity contribution in [1.29, 1.82) is 0 Å². The quantitative estimate of drug-likeness (QED) is 0.719. The van der Waals surface area contributed by atoms with Gasteiger partial charge >= 0.3 is 0 Å². The van der Waals surface area contributed by atoms with Gasteiger partial charge in [0.05, 0.1) is 17.3 Å². The standard InChI is InChI=1S/C16H26ClN3O/c1-4-6-9-20(12(3)5-2)11-16(21)19-15-8-7-13(18)10-14(15)17/h7-8,10,12H,4-6,9,11,18H2,1-3H3,(H,19,21). The van der Waals surface area contributed by atoms with Crippen molar-refractivity contribution in [3.8, 4) is 0 Å². The molecule has 1 atom stereocenters. The highest BCUT2D eigenvalue weighted by atomic mass is 35.5. The van der Waals surface area contributed by atoms with Crippen LogP contribution < -0.4 is 11.1 Å². The number of nitrogens with one attached hydrogen (secondary N) is 1. The number of anilines is 2. The number of carbonyl (C=O) groups excluding carboxylic acids is 1. The minimum atomic E-state index is -0.0434. The van der Waals surface area contributed by atoms with Gasteiger partial charge in [-0.25, -0.2) is 0 Å². The van der Waals surface area contributed by atoms with Crippen molar-refractivity contribution in [3.63, 3.8) is 0 Å². The lowest BCUT2D eigenvalue weighted by atomic mass is 10.2. The van der Waals surface area contributed by atoms with E-state index in [1.54, 1.807) is 18.2 Å². The van der Waals surface area contributed by atoms with E-state index in [-0.39, 0.29) is 5.91 Å². The summed E-state index contributed by atoms with van der Waals surface area (Å²) >= 11 is 6.08. The average molecular weight is 312 g/mol. The van der Waals surface area contributed by atoms with E-state index in [9.17, 15) is 4.79 Å². The lowest BCUT2D eigenvalue weighted by Crippen LogP contribution is -2.39. The highest BCUT2D eigenvalue weighted by Gasteiger charge is 2.16. The third-order valence-electron chi connectivity index (χ3n) is 3.63. The minimum absolute atomic E-state index is 0.0434. The first-order chi connectivity index (χ1) is 9.97. The van der Waals surface area contributed by atoms with E-state index in [2.05, 4.69) is 31.0 Å². The van der Waals surface area contributed by atoms with Gasteiger partial charge in [-0.2, -0.15) is 0 Å². The van der Waals surface area contributed by atoms with E-state index in [1.807, 2.05) is 0 Å². The van der Waals surface area contributed by atoms with Gasteiger partial charge in [0.15, 0.2) is 0 Å². The van der Waals surface area contributed by atoms with Gasteiger partial charge in [0, 0.05) is 11.7 Å². The smallest absolute Gasteiger partial charge is 0.238 e. The SMILES string of the molecule is CCCCN(CC(=O)Nc1ccc(N)cc1Cl)C(C)CC. The van der Waals surface area contributed by atoms with Crippen molar-refractivity contribution in [1.82, 2.24) is 4.90 Å². The van der Waals surface area contributed by atoms with E-state index in [0.717, 1.165) is 25.8 Å². The monoisotopic (exact) mass is 311 g/mol. The zero-order valence-electron chi connectivity index (χ0n) is 13.2. The van der Waals surface area contributed by atoms with Crippen molar-refractivity contribution < 1.29 is 4.79 Å². The fraction of sp³-hybridized carbons (Fsp3) is 0.562. The first-order valence-corrected chi connectivity index (χ1v) is 7.94. The number of rotatable bonds is 8. The summed E-state index contributed by atoms with van der Waals surface area (Å²) in [6.07, 6.45) is 3.25. The van der Waals surface area contributed by atoms with Crippen molar-refractivity contribution in [2.45, 2.75) is 46.1 Å². The third kappa shape index (κ3) is 5.94. The maximum Gasteiger partial charge on any atom is 0.238 e. The molecule has 0 aliphatic rings. The first-order valence-electron chi connectivity index (χ1n) is 7.56. The van der Waals surface area contributed by atoms with Crippen LogP contribution in [-0.4, -0.2) is 29.9 Å². The maximum absolute atomic E-state index is 12.2. The molecule has 0 radical (unpaired) electrons. The van der Waals surface area contributed by atoms with Crippen LogP contribution in [0.2, 0.25) is 5.02 Å². The van der Waals surface area contributed by atoms with Gasteiger partial charge in [-0.1, -0.05) is 31.9 Å². The van der Waals surface area contributed by atoms with Crippen molar-refractivity contribution in [2.75, 3.05) is 24.1 Å². The molecule has 5 heteroatoms. The van der Waals surface area contributed by atoms with Gasteiger partial charge < -0.3 is 11.1 Å². The summed E-state index contributed by atoms with van der Waals surface area (Å²) in [4.78, 5) is 14.4. The molecule has 0 saturated heterocycles. The van der Waals surface area contributed by atoms with Gasteiger partial charge in [-0.3, -0.25) is 9.69 Å². The topological polar surface area (TPSA) is 58.4 Å². The predicted molar refractivity (Wildman–Crippen MR) is 90.7 cm³/mol. The molecule has 0 aromatic heterocycles. The first kappa shape index (κ1) is 17.8. The van der Waals surface area contributed by atoms with Gasteiger partial charge in [-0.05, 0) is 44.5 Å². The molecule has 0 saturated carbocycles. The van der Waals surface area contributed by atoms with Crippen LogP contribution >= 0.6 is 11.6 Å². The number of unbranched alkanes of at least 4 members (excludes halogenated alkanes) is 1. The van der Waals surface area contributed by atoms with E-state index in [4.69, 9.17) is 17.3 Å². The fourth-order valence-electron chi connectivity index (χ4n) is 2.08. The number of carbonyl (C=O) groups is 1. The second-order valence-corrected chi connectivity index (χ2v) is 5.78. The van der Waals surface area contributed by atoms with Crippen LogP contribution in [-0.2, 0) is 4.79 Å². The zero-order valence-corrected chi connectivity index (χ0v) is 13.9. The summed E-state index contributed by atoms with van der Waals surface area (Å²) in [5.41, 5.74) is 6.84. The Kier molecular flexibility index (Phi) is 7.54. The minimum Gasteiger partial charge on any atom is -0.399 e. The molecule has 0 aliphatic heterocycles. The van der Waals surface area contributed by atoms with Gasteiger partial charge in [0.1, 0.15) is 0 Å². The molecule has 0 fully saturated rings. The molecule has 1 amide bonds. The number of nitrogens with two attached hydrogens (primary N) is 1. The molecule has 3 N–H and O–H groups in total. The number of nitrogens with zero attached hydrogens (tertiary/aromatic N) is 1. The number of halogens is 1. The summed E-state index contributed by atoms with van der Waals surface area (Å²) in [7, 11) is 0. The van der Waals surface area contributed by atoms with Crippen LogP contribution in [0.25, 0.3) is 0 Å². The summed E-state index contributed by atoms with van der Waals surface area (Å²) in [5, 5.41) is 3.32. The van der Waals surface area contributed by atoms with Crippen molar-refractivity contribution >= 4 is 28.9 Å². The molecular weight excluding hydrogens is 286 g/mol. The number of hydrogen-bond acceptors (Lipinski definition) is 3.